The second kappa shape index (κ2) is 7.65. The van der Waals surface area contributed by atoms with Gasteiger partial charge in [0.05, 0.1) is 12.4 Å². The monoisotopic (exact) mass is 325 g/mol. The number of amides is 1. The summed E-state index contributed by atoms with van der Waals surface area (Å²) in [7, 11) is 0. The van der Waals surface area contributed by atoms with Gasteiger partial charge in [-0.15, -0.1) is 0 Å². The van der Waals surface area contributed by atoms with E-state index in [0.29, 0.717) is 0 Å². The van der Waals surface area contributed by atoms with Crippen molar-refractivity contribution in [2.24, 2.45) is 5.92 Å². The van der Waals surface area contributed by atoms with Crippen LogP contribution in [0.15, 0.2) is 43.0 Å². The van der Waals surface area contributed by atoms with Gasteiger partial charge in [0.2, 0.25) is 0 Å². The van der Waals surface area contributed by atoms with E-state index in [-0.39, 0.29) is 11.9 Å². The zero-order chi connectivity index (χ0) is 16.9. The lowest BCUT2D eigenvalue weighted by atomic mass is 9.97. The van der Waals surface area contributed by atoms with Crippen LogP contribution < -0.4 is 0 Å². The minimum Gasteiger partial charge on any atom is -0.339 e. The van der Waals surface area contributed by atoms with E-state index in [2.05, 4.69) is 35.5 Å². The van der Waals surface area contributed by atoms with Crippen molar-refractivity contribution in [2.45, 2.75) is 45.6 Å². The standard InChI is InChI=1S/C20H27N3O/c1-3-4-19(23-14-11-21-15-23)17-5-7-18(8-6-17)20(24)22-12-9-16(2)10-13-22/h5-8,11,14-16,19H,3-4,9-10,12-13H2,1-2H3. The molecule has 1 aromatic heterocycles. The van der Waals surface area contributed by atoms with Crippen LogP contribution in [0, 0.1) is 5.92 Å². The Balaban J connectivity index is 1.73. The van der Waals surface area contributed by atoms with Crippen molar-refractivity contribution in [1.29, 1.82) is 0 Å². The zero-order valence-electron chi connectivity index (χ0n) is 14.7. The number of benzene rings is 1. The number of imidazole rings is 1. The molecule has 0 aliphatic carbocycles. The summed E-state index contributed by atoms with van der Waals surface area (Å²) in [6, 6.07) is 8.45. The van der Waals surface area contributed by atoms with E-state index in [4.69, 9.17) is 0 Å². The molecule has 2 aromatic rings. The molecule has 0 bridgehead atoms. The number of hydrogen-bond acceptors (Lipinski definition) is 2. The van der Waals surface area contributed by atoms with Gasteiger partial charge in [-0.2, -0.15) is 0 Å². The first kappa shape index (κ1) is 16.7. The van der Waals surface area contributed by atoms with Crippen LogP contribution in [0.3, 0.4) is 0 Å². The van der Waals surface area contributed by atoms with E-state index in [9.17, 15) is 4.79 Å². The third kappa shape index (κ3) is 3.69. The van der Waals surface area contributed by atoms with Crippen molar-refractivity contribution in [3.63, 3.8) is 0 Å². The maximum atomic E-state index is 12.7. The van der Waals surface area contributed by atoms with Crippen molar-refractivity contribution in [1.82, 2.24) is 14.5 Å². The maximum absolute atomic E-state index is 12.7. The average molecular weight is 325 g/mol. The van der Waals surface area contributed by atoms with E-state index < -0.39 is 0 Å². The fourth-order valence-electron chi connectivity index (χ4n) is 3.46. The smallest absolute Gasteiger partial charge is 0.253 e. The van der Waals surface area contributed by atoms with E-state index >= 15 is 0 Å². The first-order valence-corrected chi connectivity index (χ1v) is 9.05. The van der Waals surface area contributed by atoms with Crippen molar-refractivity contribution < 1.29 is 4.79 Å². The number of aromatic nitrogens is 2. The van der Waals surface area contributed by atoms with Gasteiger partial charge in [-0.25, -0.2) is 4.98 Å². The normalized spacial score (nSPS) is 17.0. The fourth-order valence-corrected chi connectivity index (χ4v) is 3.46. The molecule has 2 heterocycles. The predicted molar refractivity (Wildman–Crippen MR) is 96.0 cm³/mol. The molecule has 1 fully saturated rings. The highest BCUT2D eigenvalue weighted by Crippen LogP contribution is 2.24. The number of piperidine rings is 1. The van der Waals surface area contributed by atoms with Crippen LogP contribution in [0.4, 0.5) is 0 Å². The molecule has 3 rings (SSSR count). The number of likely N-dealkylation sites (tertiary alicyclic amines) is 1. The second-order valence-corrected chi connectivity index (χ2v) is 6.91. The van der Waals surface area contributed by atoms with Crippen LogP contribution in [-0.4, -0.2) is 33.4 Å². The summed E-state index contributed by atoms with van der Waals surface area (Å²) in [6.07, 6.45) is 10.1. The first-order chi connectivity index (χ1) is 11.7. The SMILES string of the molecule is CCCC(c1ccc(C(=O)N2CCC(C)CC2)cc1)n1ccnc1. The topological polar surface area (TPSA) is 38.1 Å². The molecule has 128 valence electrons. The third-order valence-corrected chi connectivity index (χ3v) is 5.06. The largest absolute Gasteiger partial charge is 0.339 e. The Morgan fingerprint density at radius 3 is 2.54 bits per heavy atom. The molecule has 0 spiro atoms. The van der Waals surface area contributed by atoms with Crippen LogP contribution in [0.25, 0.3) is 0 Å². The summed E-state index contributed by atoms with van der Waals surface area (Å²) in [6.45, 7) is 6.23. The highest BCUT2D eigenvalue weighted by molar-refractivity contribution is 5.94. The van der Waals surface area contributed by atoms with Gasteiger partial charge in [0.1, 0.15) is 0 Å². The highest BCUT2D eigenvalue weighted by atomic mass is 16.2. The van der Waals surface area contributed by atoms with E-state index in [0.717, 1.165) is 50.3 Å². The molecule has 0 radical (unpaired) electrons. The second-order valence-electron chi connectivity index (χ2n) is 6.91. The molecule has 1 amide bonds. The molecule has 0 N–H and O–H groups in total. The Labute approximate surface area is 144 Å². The molecule has 1 aliphatic heterocycles. The summed E-state index contributed by atoms with van der Waals surface area (Å²) >= 11 is 0. The number of hydrogen-bond donors (Lipinski definition) is 0. The lowest BCUT2D eigenvalue weighted by molar-refractivity contribution is 0.0697. The predicted octanol–water partition coefficient (Wildman–Crippen LogP) is 4.14. The lowest BCUT2D eigenvalue weighted by Crippen LogP contribution is -2.37. The Morgan fingerprint density at radius 2 is 1.96 bits per heavy atom. The summed E-state index contributed by atoms with van der Waals surface area (Å²) in [4.78, 5) is 18.8. The summed E-state index contributed by atoms with van der Waals surface area (Å²) in [5, 5.41) is 0. The van der Waals surface area contributed by atoms with Gasteiger partial charge in [0.15, 0.2) is 0 Å². The van der Waals surface area contributed by atoms with E-state index in [1.54, 1.807) is 0 Å². The van der Waals surface area contributed by atoms with Crippen LogP contribution in [-0.2, 0) is 0 Å². The number of carbonyl (C=O) groups is 1. The van der Waals surface area contributed by atoms with Gasteiger partial charge >= 0.3 is 0 Å². The lowest BCUT2D eigenvalue weighted by Gasteiger charge is -2.30. The molecular weight excluding hydrogens is 298 g/mol. The first-order valence-electron chi connectivity index (χ1n) is 9.05. The third-order valence-electron chi connectivity index (χ3n) is 5.06. The zero-order valence-corrected chi connectivity index (χ0v) is 14.7. The number of rotatable bonds is 5. The van der Waals surface area contributed by atoms with Gasteiger partial charge in [-0.1, -0.05) is 32.4 Å². The molecule has 1 saturated heterocycles. The Kier molecular flexibility index (Phi) is 5.34. The molecule has 4 heteroatoms. The van der Waals surface area contributed by atoms with Gasteiger partial charge in [-0.05, 0) is 42.9 Å². The van der Waals surface area contributed by atoms with Crippen molar-refractivity contribution in [3.8, 4) is 0 Å². The Bertz CT molecular complexity index is 640. The van der Waals surface area contributed by atoms with Gasteiger partial charge in [0.25, 0.3) is 5.91 Å². The molecule has 1 aromatic carbocycles. The Hall–Kier alpha value is -2.10. The fraction of sp³-hybridized carbons (Fsp3) is 0.500. The van der Waals surface area contributed by atoms with Crippen LogP contribution in [0.5, 0.6) is 0 Å². The molecule has 0 saturated carbocycles. The van der Waals surface area contributed by atoms with Crippen LogP contribution in [0.2, 0.25) is 0 Å². The maximum Gasteiger partial charge on any atom is 0.253 e. The van der Waals surface area contributed by atoms with Gasteiger partial charge in [-0.3, -0.25) is 4.79 Å². The molecular formula is C20H27N3O. The van der Waals surface area contributed by atoms with E-state index in [1.165, 1.54) is 5.56 Å². The summed E-state index contributed by atoms with van der Waals surface area (Å²) < 4.78 is 2.15. The quantitative estimate of drug-likeness (QED) is 0.828. The average Bonchev–Trinajstić information content (AvgIpc) is 3.14. The molecule has 1 unspecified atom stereocenters. The molecule has 4 nitrogen and oxygen atoms in total. The molecule has 1 atom stereocenters. The highest BCUT2D eigenvalue weighted by Gasteiger charge is 2.21. The van der Waals surface area contributed by atoms with Crippen LogP contribution >= 0.6 is 0 Å². The van der Waals surface area contributed by atoms with Crippen molar-refractivity contribution in [3.05, 3.63) is 54.1 Å². The summed E-state index contributed by atoms with van der Waals surface area (Å²) in [5.74, 6) is 0.907. The minimum absolute atomic E-state index is 0.170. The van der Waals surface area contributed by atoms with E-state index in [1.807, 2.05) is 35.8 Å². The summed E-state index contributed by atoms with van der Waals surface area (Å²) in [5.41, 5.74) is 2.04. The van der Waals surface area contributed by atoms with Crippen LogP contribution in [0.1, 0.15) is 61.5 Å². The Morgan fingerprint density at radius 1 is 1.25 bits per heavy atom. The van der Waals surface area contributed by atoms with Crippen molar-refractivity contribution >= 4 is 5.91 Å². The van der Waals surface area contributed by atoms with Crippen molar-refractivity contribution in [2.75, 3.05) is 13.1 Å². The minimum atomic E-state index is 0.170. The van der Waals surface area contributed by atoms with Gasteiger partial charge < -0.3 is 9.47 Å². The number of nitrogens with zero attached hydrogens (tertiary/aromatic N) is 3. The molecule has 1 aliphatic rings. The molecule has 24 heavy (non-hydrogen) atoms. The number of carbonyl (C=O) groups excluding carboxylic acids is 1. The van der Waals surface area contributed by atoms with Gasteiger partial charge in [0, 0.05) is 31.0 Å².